The van der Waals surface area contributed by atoms with Crippen molar-refractivity contribution in [1.29, 1.82) is 5.41 Å². The Labute approximate surface area is 146 Å². The molecular formula is C21H19N3O. The van der Waals surface area contributed by atoms with E-state index >= 15 is 0 Å². The minimum absolute atomic E-state index is 0.204. The van der Waals surface area contributed by atoms with E-state index in [4.69, 9.17) is 11.1 Å². The summed E-state index contributed by atoms with van der Waals surface area (Å²) in [5.74, 6) is 6.03. The molecule has 3 aromatic rings. The van der Waals surface area contributed by atoms with Gasteiger partial charge < -0.3 is 15.7 Å². The average Bonchev–Trinajstić information content (AvgIpc) is 2.92. The van der Waals surface area contributed by atoms with Gasteiger partial charge in [0.2, 0.25) is 5.91 Å². The third-order valence-corrected chi connectivity index (χ3v) is 4.11. The Morgan fingerprint density at radius 2 is 1.96 bits per heavy atom. The van der Waals surface area contributed by atoms with E-state index in [0.717, 1.165) is 39.8 Å². The topological polar surface area (TPSA) is 71.9 Å². The number of rotatable bonds is 4. The van der Waals surface area contributed by atoms with E-state index in [-0.39, 0.29) is 12.3 Å². The van der Waals surface area contributed by atoms with Crippen LogP contribution in [0.3, 0.4) is 0 Å². The van der Waals surface area contributed by atoms with Gasteiger partial charge in [0.25, 0.3) is 0 Å². The molecule has 0 fully saturated rings. The zero-order chi connectivity index (χ0) is 17.8. The van der Waals surface area contributed by atoms with Crippen molar-refractivity contribution in [3.8, 4) is 11.8 Å². The van der Waals surface area contributed by atoms with Gasteiger partial charge in [0.15, 0.2) is 0 Å². The summed E-state index contributed by atoms with van der Waals surface area (Å²) in [6.45, 7) is 2.77. The highest BCUT2D eigenvalue weighted by Gasteiger charge is 2.14. The molecule has 0 bridgehead atoms. The molecule has 124 valence electrons. The van der Waals surface area contributed by atoms with Crippen molar-refractivity contribution >= 4 is 23.0 Å². The van der Waals surface area contributed by atoms with Gasteiger partial charge in [-0.15, -0.1) is 0 Å². The van der Waals surface area contributed by atoms with E-state index in [9.17, 15) is 4.79 Å². The summed E-state index contributed by atoms with van der Waals surface area (Å²) >= 11 is 0. The summed E-state index contributed by atoms with van der Waals surface area (Å²) in [5, 5.41) is 8.79. The number of hydrogen-bond donors (Lipinski definition) is 2. The van der Waals surface area contributed by atoms with Crippen molar-refractivity contribution in [2.75, 3.05) is 0 Å². The molecule has 3 rings (SSSR count). The van der Waals surface area contributed by atoms with Gasteiger partial charge in [-0.2, -0.15) is 0 Å². The first-order valence-electron chi connectivity index (χ1n) is 8.15. The highest BCUT2D eigenvalue weighted by Crippen LogP contribution is 2.26. The number of benzene rings is 2. The van der Waals surface area contributed by atoms with Gasteiger partial charge >= 0.3 is 0 Å². The predicted octanol–water partition coefficient (Wildman–Crippen LogP) is 3.09. The van der Waals surface area contributed by atoms with Gasteiger partial charge in [-0.25, -0.2) is 0 Å². The summed E-state index contributed by atoms with van der Waals surface area (Å²) in [6, 6.07) is 15.6. The maximum absolute atomic E-state index is 11.2. The maximum atomic E-state index is 11.2. The van der Waals surface area contributed by atoms with E-state index in [1.807, 2.05) is 55.5 Å². The fourth-order valence-corrected chi connectivity index (χ4v) is 3.00. The van der Waals surface area contributed by atoms with Crippen LogP contribution in [0.2, 0.25) is 0 Å². The van der Waals surface area contributed by atoms with Crippen LogP contribution >= 0.6 is 0 Å². The molecule has 4 nitrogen and oxygen atoms in total. The standard InChI is InChI=1S/C21H19N3O/c1-2-24-19(11-9-15-6-4-3-5-7-15)18(14-22)17-10-8-16(12-20(17)24)13-21(23)25/h3-8,10,12,14,22H,2,13H2,1H3,(H2,23,25). The summed E-state index contributed by atoms with van der Waals surface area (Å²) < 4.78 is 2.08. The van der Waals surface area contributed by atoms with Crippen LogP contribution in [0, 0.1) is 17.3 Å². The Morgan fingerprint density at radius 3 is 2.60 bits per heavy atom. The van der Waals surface area contributed by atoms with Crippen LogP contribution in [0.4, 0.5) is 0 Å². The zero-order valence-electron chi connectivity index (χ0n) is 14.0. The molecule has 0 saturated carbocycles. The van der Waals surface area contributed by atoms with E-state index < -0.39 is 0 Å². The summed E-state index contributed by atoms with van der Waals surface area (Å²) in [4.78, 5) is 11.2. The fourth-order valence-electron chi connectivity index (χ4n) is 3.00. The first-order chi connectivity index (χ1) is 12.1. The van der Waals surface area contributed by atoms with Crippen molar-refractivity contribution in [3.63, 3.8) is 0 Å². The van der Waals surface area contributed by atoms with Gasteiger partial charge in [0, 0.05) is 34.8 Å². The van der Waals surface area contributed by atoms with Crippen LogP contribution in [0.1, 0.15) is 29.3 Å². The molecule has 0 atom stereocenters. The number of fused-ring (bicyclic) bond motifs is 1. The molecule has 1 heterocycles. The Bertz CT molecular complexity index is 1000. The van der Waals surface area contributed by atoms with Crippen molar-refractivity contribution in [3.05, 3.63) is 70.9 Å². The number of nitrogens with two attached hydrogens (primary N) is 1. The lowest BCUT2D eigenvalue weighted by molar-refractivity contribution is -0.117. The maximum Gasteiger partial charge on any atom is 0.221 e. The molecular weight excluding hydrogens is 310 g/mol. The van der Waals surface area contributed by atoms with Gasteiger partial charge in [-0.1, -0.05) is 36.3 Å². The molecule has 1 aromatic heterocycles. The largest absolute Gasteiger partial charge is 0.369 e. The fraction of sp³-hybridized carbons (Fsp3) is 0.143. The highest BCUT2D eigenvalue weighted by atomic mass is 16.1. The first-order valence-corrected chi connectivity index (χ1v) is 8.15. The quantitative estimate of drug-likeness (QED) is 0.560. The van der Waals surface area contributed by atoms with Crippen LogP contribution in [-0.2, 0) is 17.8 Å². The Kier molecular flexibility index (Phi) is 4.67. The Balaban J connectivity index is 2.19. The number of primary amides is 1. The number of hydrogen-bond acceptors (Lipinski definition) is 2. The zero-order valence-corrected chi connectivity index (χ0v) is 14.0. The molecule has 3 N–H and O–H groups in total. The SMILES string of the molecule is CCn1c(C#Cc2ccccc2)c(C=N)c2ccc(CC(N)=O)cc21. The van der Waals surface area contributed by atoms with Crippen LogP contribution in [-0.4, -0.2) is 16.7 Å². The molecule has 4 heteroatoms. The second-order valence-corrected chi connectivity index (χ2v) is 5.76. The number of aromatic nitrogens is 1. The molecule has 0 saturated heterocycles. The van der Waals surface area contributed by atoms with Crippen molar-refractivity contribution in [2.24, 2.45) is 5.73 Å². The third kappa shape index (κ3) is 3.31. The van der Waals surface area contributed by atoms with Gasteiger partial charge in [-0.05, 0) is 36.6 Å². The predicted molar refractivity (Wildman–Crippen MR) is 101 cm³/mol. The average molecular weight is 329 g/mol. The summed E-state index contributed by atoms with van der Waals surface area (Å²) in [5.41, 5.74) is 9.69. The van der Waals surface area contributed by atoms with Crippen LogP contribution in [0.15, 0.2) is 48.5 Å². The Hall–Kier alpha value is -3.32. The number of carbonyl (C=O) groups is 1. The Morgan fingerprint density at radius 1 is 1.20 bits per heavy atom. The summed E-state index contributed by atoms with van der Waals surface area (Å²) in [7, 11) is 0. The van der Waals surface area contributed by atoms with E-state index in [2.05, 4.69) is 16.4 Å². The minimum atomic E-state index is -0.356. The van der Waals surface area contributed by atoms with Crippen molar-refractivity contribution in [1.82, 2.24) is 4.57 Å². The van der Waals surface area contributed by atoms with E-state index in [0.29, 0.717) is 0 Å². The molecule has 0 unspecified atom stereocenters. The second-order valence-electron chi connectivity index (χ2n) is 5.76. The van der Waals surface area contributed by atoms with Crippen LogP contribution in [0.25, 0.3) is 10.9 Å². The molecule has 0 aliphatic carbocycles. The smallest absolute Gasteiger partial charge is 0.221 e. The molecule has 0 radical (unpaired) electrons. The number of nitrogens with one attached hydrogen (secondary N) is 1. The number of nitrogens with zero attached hydrogens (tertiary/aromatic N) is 1. The third-order valence-electron chi connectivity index (χ3n) is 4.11. The van der Waals surface area contributed by atoms with E-state index in [1.54, 1.807) is 0 Å². The van der Waals surface area contributed by atoms with Gasteiger partial charge in [-0.3, -0.25) is 4.79 Å². The summed E-state index contributed by atoms with van der Waals surface area (Å²) in [6.07, 6.45) is 1.55. The van der Waals surface area contributed by atoms with E-state index in [1.165, 1.54) is 6.21 Å². The molecule has 0 spiro atoms. The molecule has 1 amide bonds. The lowest BCUT2D eigenvalue weighted by Gasteiger charge is -2.04. The number of aryl methyl sites for hydroxylation is 1. The first kappa shape index (κ1) is 16.5. The van der Waals surface area contributed by atoms with Gasteiger partial charge in [0.1, 0.15) is 5.69 Å². The minimum Gasteiger partial charge on any atom is -0.369 e. The molecule has 0 aliphatic heterocycles. The monoisotopic (exact) mass is 329 g/mol. The van der Waals surface area contributed by atoms with Gasteiger partial charge in [0.05, 0.1) is 6.42 Å². The number of carbonyl (C=O) groups excluding carboxylic acids is 1. The van der Waals surface area contributed by atoms with Crippen molar-refractivity contribution < 1.29 is 4.79 Å². The number of amides is 1. The molecule has 0 aliphatic rings. The lowest BCUT2D eigenvalue weighted by atomic mass is 10.1. The second kappa shape index (κ2) is 7.06. The van der Waals surface area contributed by atoms with Crippen LogP contribution < -0.4 is 5.73 Å². The van der Waals surface area contributed by atoms with Crippen molar-refractivity contribution in [2.45, 2.75) is 19.9 Å². The normalized spacial score (nSPS) is 10.3. The lowest BCUT2D eigenvalue weighted by Crippen LogP contribution is -2.13. The highest BCUT2D eigenvalue weighted by molar-refractivity contribution is 6.02. The van der Waals surface area contributed by atoms with Crippen LogP contribution in [0.5, 0.6) is 0 Å². The molecule has 2 aromatic carbocycles. The molecule has 25 heavy (non-hydrogen) atoms.